The molecule has 46 heavy (non-hydrogen) atoms. The summed E-state index contributed by atoms with van der Waals surface area (Å²) < 4.78 is 64.1. The Morgan fingerprint density at radius 3 is 2.35 bits per heavy atom. The van der Waals surface area contributed by atoms with Crippen molar-refractivity contribution in [1.82, 2.24) is 15.0 Å². The summed E-state index contributed by atoms with van der Waals surface area (Å²) in [7, 11) is 0. The van der Waals surface area contributed by atoms with Crippen molar-refractivity contribution >= 4 is 22.1 Å². The van der Waals surface area contributed by atoms with E-state index in [0.717, 1.165) is 16.8 Å². The Hall–Kier alpha value is -4.44. The topological polar surface area (TPSA) is 51.8 Å². The summed E-state index contributed by atoms with van der Waals surface area (Å²) in [6, 6.07) is 34.7. The third-order valence-corrected chi connectivity index (χ3v) is 7.31. The van der Waals surface area contributed by atoms with Gasteiger partial charge in [-0.25, -0.2) is 4.98 Å². The van der Waals surface area contributed by atoms with Gasteiger partial charge in [-0.05, 0) is 78.2 Å². The molecule has 4 aromatic heterocycles. The minimum absolute atomic E-state index is 0. The molecule has 0 aliphatic carbocycles. The first-order chi connectivity index (χ1) is 24.5. The molecule has 0 aliphatic heterocycles. The van der Waals surface area contributed by atoms with Gasteiger partial charge in [-0.3, -0.25) is 0 Å². The fourth-order valence-electron chi connectivity index (χ4n) is 4.84. The summed E-state index contributed by atoms with van der Waals surface area (Å²) in [5, 5.41) is 1.32. The zero-order valence-corrected chi connectivity index (χ0v) is 28.4. The van der Waals surface area contributed by atoms with E-state index in [2.05, 4.69) is 53.9 Å². The zero-order valence-electron chi connectivity index (χ0n) is 33.0. The fraction of sp³-hybridized carbons (Fsp3) is 0.195. The molecule has 0 bridgehead atoms. The second-order valence-corrected chi connectivity index (χ2v) is 11.8. The van der Waals surface area contributed by atoms with Crippen LogP contribution in [0.3, 0.4) is 0 Å². The minimum Gasteiger partial charge on any atom is -0.486 e. The average molecular weight is 787 g/mol. The molecule has 0 fully saturated rings. The van der Waals surface area contributed by atoms with Crippen LogP contribution in [-0.4, -0.2) is 15.0 Å². The van der Waals surface area contributed by atoms with E-state index in [1.165, 1.54) is 30.0 Å². The van der Waals surface area contributed by atoms with E-state index in [1.807, 2.05) is 55.6 Å². The molecule has 0 spiro atoms. The number of aromatic nitrogens is 3. The molecule has 7 rings (SSSR count). The first kappa shape index (κ1) is 24.7. The number of hydrogen-bond donors (Lipinski definition) is 0. The van der Waals surface area contributed by atoms with Crippen molar-refractivity contribution < 1.29 is 34.1 Å². The normalized spacial score (nSPS) is 14.3. The van der Waals surface area contributed by atoms with Crippen LogP contribution in [0.25, 0.3) is 44.6 Å². The Bertz CT molecular complexity index is 2330. The predicted octanol–water partition coefficient (Wildman–Crippen LogP) is 10.1. The van der Waals surface area contributed by atoms with Crippen LogP contribution in [0.15, 0.2) is 114 Å². The van der Waals surface area contributed by atoms with Gasteiger partial charge in [-0.2, -0.15) is 0 Å². The molecule has 4 heterocycles. The third kappa shape index (κ3) is 7.67. The summed E-state index contributed by atoms with van der Waals surface area (Å²) >= 11 is 0. The van der Waals surface area contributed by atoms with Gasteiger partial charge >= 0.3 is 0 Å². The number of pyridine rings is 3. The van der Waals surface area contributed by atoms with Crippen molar-refractivity contribution in [3.05, 3.63) is 150 Å². The van der Waals surface area contributed by atoms with Crippen molar-refractivity contribution in [2.75, 3.05) is 0 Å². The molecule has 7 aromatic rings. The van der Waals surface area contributed by atoms with E-state index in [0.29, 0.717) is 27.6 Å². The number of fused-ring (bicyclic) bond motifs is 3. The maximum atomic E-state index is 8.84. The molecule has 0 N–H and O–H groups in total. The standard InChI is InChI=1S/C29H27N2O.C12H10N.Ir/c1-19-8-15-24-23-6-5-7-25(27(23)32-28(24)31-19)26-18-21(16-17-30-26)10-9-20-11-13-22(14-12-20)29(2,3)4;1-10-7-8-12(13-9-10)11-5-3-2-4-6-11;/h5-6,8,11-18H,9-10H2,1-4H3;2-5,7-9H,1H3;/q2*-1;/i1D3,9D2,10D2;;. The monoisotopic (exact) mass is 787 g/mol. The Morgan fingerprint density at radius 1 is 0.804 bits per heavy atom. The second-order valence-electron chi connectivity index (χ2n) is 11.8. The molecule has 4 nitrogen and oxygen atoms in total. The number of benzene rings is 3. The van der Waals surface area contributed by atoms with Crippen molar-refractivity contribution in [3.8, 4) is 22.5 Å². The van der Waals surface area contributed by atoms with Crippen LogP contribution < -0.4 is 0 Å². The first-order valence-electron chi connectivity index (χ1n) is 18.2. The van der Waals surface area contributed by atoms with Gasteiger partial charge in [-0.1, -0.05) is 79.7 Å². The van der Waals surface area contributed by atoms with Crippen LogP contribution in [0.2, 0.25) is 0 Å². The molecule has 0 saturated carbocycles. The summed E-state index contributed by atoms with van der Waals surface area (Å²) in [4.78, 5) is 12.9. The van der Waals surface area contributed by atoms with Gasteiger partial charge in [-0.15, -0.1) is 54.1 Å². The number of furan rings is 1. The van der Waals surface area contributed by atoms with Crippen molar-refractivity contribution in [1.29, 1.82) is 0 Å². The SMILES string of the molecule is Cc1ccc(-c2[c-]cccc2)nc1.[2H]C([2H])([2H])c1ccc2c(n1)oc1c(-c3cc(C([2H])([2H])C([2H])([2H])c4ccc(C(C)(C)C)cc4)ccn3)[c-]ccc12.[Ir]. The van der Waals surface area contributed by atoms with Gasteiger partial charge < -0.3 is 14.4 Å². The predicted molar refractivity (Wildman–Crippen MR) is 184 cm³/mol. The molecule has 3 aromatic carbocycles. The van der Waals surface area contributed by atoms with Crippen molar-refractivity contribution in [2.24, 2.45) is 0 Å². The first-order valence-corrected chi connectivity index (χ1v) is 14.7. The molecule has 0 unspecified atom stereocenters. The Kier molecular flexibility index (Phi) is 7.71. The Morgan fingerprint density at radius 2 is 1.63 bits per heavy atom. The van der Waals surface area contributed by atoms with Gasteiger partial charge in [0.25, 0.3) is 0 Å². The van der Waals surface area contributed by atoms with Crippen molar-refractivity contribution in [3.63, 3.8) is 0 Å². The van der Waals surface area contributed by atoms with E-state index in [-0.39, 0.29) is 48.1 Å². The zero-order chi connectivity index (χ0) is 37.5. The Labute approximate surface area is 295 Å². The molecule has 1 radical (unpaired) electrons. The van der Waals surface area contributed by atoms with Gasteiger partial charge in [0.1, 0.15) is 0 Å². The smallest absolute Gasteiger partial charge is 0.216 e. The van der Waals surface area contributed by atoms with Crippen LogP contribution in [0.1, 0.15) is 58.3 Å². The summed E-state index contributed by atoms with van der Waals surface area (Å²) in [5.41, 5.74) is 5.73. The molecular formula is C41H37IrN3O-2. The van der Waals surface area contributed by atoms with E-state index in [9.17, 15) is 0 Å². The molecule has 0 amide bonds. The van der Waals surface area contributed by atoms with E-state index in [4.69, 9.17) is 14.0 Å². The van der Waals surface area contributed by atoms with E-state index >= 15 is 0 Å². The van der Waals surface area contributed by atoms with E-state index in [1.54, 1.807) is 30.3 Å². The largest absolute Gasteiger partial charge is 0.486 e. The number of rotatable bonds is 5. The van der Waals surface area contributed by atoms with E-state index < -0.39 is 19.6 Å². The third-order valence-electron chi connectivity index (χ3n) is 7.31. The molecule has 233 valence electrons. The summed E-state index contributed by atoms with van der Waals surface area (Å²) in [6.07, 6.45) is -1.43. The van der Waals surface area contributed by atoms with Crippen molar-refractivity contribution in [2.45, 2.75) is 52.7 Å². The Balaban J connectivity index is 0.000000325. The second kappa shape index (κ2) is 14.3. The number of aryl methyl sites for hydroxylation is 4. The van der Waals surface area contributed by atoms with Crippen LogP contribution in [-0.2, 0) is 38.3 Å². The molecule has 5 heteroatoms. The maximum absolute atomic E-state index is 8.84. The maximum Gasteiger partial charge on any atom is 0.216 e. The quantitative estimate of drug-likeness (QED) is 0.163. The number of hydrogen-bond acceptors (Lipinski definition) is 4. The van der Waals surface area contributed by atoms with Crippen LogP contribution in [0, 0.1) is 25.9 Å². The minimum atomic E-state index is -2.40. The van der Waals surface area contributed by atoms with Crippen LogP contribution >= 0.6 is 0 Å². The summed E-state index contributed by atoms with van der Waals surface area (Å²) in [6.45, 7) is 5.85. The molecule has 0 aliphatic rings. The number of nitrogens with zero attached hydrogens (tertiary/aromatic N) is 3. The van der Waals surface area contributed by atoms with Crippen LogP contribution in [0.5, 0.6) is 0 Å². The molecule has 0 atom stereocenters. The van der Waals surface area contributed by atoms with Gasteiger partial charge in [0.05, 0.1) is 5.58 Å². The fourth-order valence-corrected chi connectivity index (χ4v) is 4.84. The van der Waals surface area contributed by atoms with Gasteiger partial charge in [0.2, 0.25) is 5.71 Å². The molecule has 0 saturated heterocycles. The van der Waals surface area contributed by atoms with Crippen LogP contribution in [0.4, 0.5) is 0 Å². The molecular weight excluding hydrogens is 743 g/mol. The average Bonchev–Trinajstić information content (AvgIpc) is 3.50. The summed E-state index contributed by atoms with van der Waals surface area (Å²) in [5.74, 6) is 0. The van der Waals surface area contributed by atoms with Gasteiger partial charge in [0.15, 0.2) is 0 Å². The van der Waals surface area contributed by atoms with Gasteiger partial charge in [0, 0.05) is 53.2 Å².